The Kier molecular flexibility index (Phi) is 9.38. The largest absolute Gasteiger partial charge is 0.353 e. The molecule has 1 amide bonds. The molecule has 0 aromatic carbocycles. The minimum absolute atomic E-state index is 0. The van der Waals surface area contributed by atoms with Crippen LogP contribution in [0.1, 0.15) is 32.6 Å². The van der Waals surface area contributed by atoms with Crippen LogP contribution in [0.4, 0.5) is 0 Å². The molecular weight excluding hydrogens is 361 g/mol. The number of likely N-dealkylation sites (N-methyl/N-ethyl adjacent to an activating group) is 1. The minimum Gasteiger partial charge on any atom is -0.353 e. The number of nitrogens with one attached hydrogen (secondary N) is 2. The normalized spacial score (nSPS) is 24.3. The molecule has 0 radical (unpaired) electrons. The van der Waals surface area contributed by atoms with E-state index in [0.29, 0.717) is 38.5 Å². The Bertz CT molecular complexity index is 482. The number of likely N-dealkylation sites (tertiary alicyclic amines) is 1. The van der Waals surface area contributed by atoms with Gasteiger partial charge in [-0.15, -0.1) is 24.8 Å². The molecule has 138 valence electrons. The first-order valence-electron chi connectivity index (χ1n) is 7.83. The Morgan fingerprint density at radius 1 is 1.30 bits per heavy atom. The standard InChI is InChI=1S/C14H27N3O3S.2ClH/c1-3-17-10-4-5-12(17)11-16-13(18)14(21(2,19)20)6-8-15-9-7-14;;/h12,15H,3-11H2,1-2H3,(H,16,18);2*1H. The molecule has 2 heterocycles. The first kappa shape index (κ1) is 22.9. The lowest BCUT2D eigenvalue weighted by Crippen LogP contribution is -2.58. The fourth-order valence-electron chi connectivity index (χ4n) is 3.51. The maximum atomic E-state index is 12.6. The van der Waals surface area contributed by atoms with Crippen molar-refractivity contribution in [1.29, 1.82) is 0 Å². The van der Waals surface area contributed by atoms with E-state index in [1.165, 1.54) is 6.26 Å². The summed E-state index contributed by atoms with van der Waals surface area (Å²) in [6, 6.07) is 0.345. The van der Waals surface area contributed by atoms with Crippen LogP contribution in [0.15, 0.2) is 0 Å². The highest BCUT2D eigenvalue weighted by atomic mass is 35.5. The van der Waals surface area contributed by atoms with Crippen molar-refractivity contribution >= 4 is 40.6 Å². The molecule has 6 nitrogen and oxygen atoms in total. The van der Waals surface area contributed by atoms with Gasteiger partial charge in [0.2, 0.25) is 5.91 Å². The molecule has 2 N–H and O–H groups in total. The van der Waals surface area contributed by atoms with Gasteiger partial charge in [-0.2, -0.15) is 0 Å². The second kappa shape index (κ2) is 9.42. The van der Waals surface area contributed by atoms with Gasteiger partial charge in [0.05, 0.1) is 0 Å². The first-order valence-corrected chi connectivity index (χ1v) is 9.72. The summed E-state index contributed by atoms with van der Waals surface area (Å²) in [6.07, 6.45) is 4.13. The third-order valence-corrected chi connectivity index (χ3v) is 6.95. The summed E-state index contributed by atoms with van der Waals surface area (Å²) >= 11 is 0. The fourth-order valence-corrected chi connectivity index (χ4v) is 4.87. The molecule has 2 aliphatic rings. The Hall–Kier alpha value is -0.0800. The van der Waals surface area contributed by atoms with Crippen molar-refractivity contribution in [3.63, 3.8) is 0 Å². The van der Waals surface area contributed by atoms with Crippen molar-refractivity contribution in [3.05, 3.63) is 0 Å². The summed E-state index contributed by atoms with van der Waals surface area (Å²) in [6.45, 7) is 5.86. The van der Waals surface area contributed by atoms with E-state index >= 15 is 0 Å². The van der Waals surface area contributed by atoms with E-state index in [0.717, 1.165) is 25.9 Å². The highest BCUT2D eigenvalue weighted by Gasteiger charge is 2.48. The van der Waals surface area contributed by atoms with E-state index in [-0.39, 0.29) is 30.7 Å². The quantitative estimate of drug-likeness (QED) is 0.719. The molecule has 0 aliphatic carbocycles. The minimum atomic E-state index is -3.42. The van der Waals surface area contributed by atoms with E-state index in [9.17, 15) is 13.2 Å². The lowest BCUT2D eigenvalue weighted by atomic mass is 9.95. The van der Waals surface area contributed by atoms with Crippen LogP contribution in [-0.2, 0) is 14.6 Å². The summed E-state index contributed by atoms with van der Waals surface area (Å²) in [7, 11) is -3.42. The van der Waals surface area contributed by atoms with E-state index in [4.69, 9.17) is 0 Å². The number of nitrogens with zero attached hydrogens (tertiary/aromatic N) is 1. The van der Waals surface area contributed by atoms with Gasteiger partial charge in [0.25, 0.3) is 0 Å². The lowest BCUT2D eigenvalue weighted by Gasteiger charge is -2.35. The molecule has 1 atom stereocenters. The monoisotopic (exact) mass is 389 g/mol. The van der Waals surface area contributed by atoms with E-state index in [1.54, 1.807) is 0 Å². The molecule has 0 spiro atoms. The van der Waals surface area contributed by atoms with Gasteiger partial charge in [0.15, 0.2) is 14.6 Å². The predicted molar refractivity (Wildman–Crippen MR) is 97.5 cm³/mol. The van der Waals surface area contributed by atoms with Crippen LogP contribution in [-0.4, -0.2) is 69.0 Å². The topological polar surface area (TPSA) is 78.5 Å². The Morgan fingerprint density at radius 2 is 1.91 bits per heavy atom. The second-order valence-electron chi connectivity index (χ2n) is 6.15. The number of carbonyl (C=O) groups is 1. The van der Waals surface area contributed by atoms with Gasteiger partial charge in [-0.3, -0.25) is 9.69 Å². The lowest BCUT2D eigenvalue weighted by molar-refractivity contribution is -0.124. The summed E-state index contributed by atoms with van der Waals surface area (Å²) in [5.41, 5.74) is 0. The highest BCUT2D eigenvalue weighted by molar-refractivity contribution is 7.92. The summed E-state index contributed by atoms with van der Waals surface area (Å²) in [4.78, 5) is 14.9. The zero-order valence-corrected chi connectivity index (χ0v) is 16.3. The molecule has 2 aliphatic heterocycles. The molecule has 23 heavy (non-hydrogen) atoms. The highest BCUT2D eigenvalue weighted by Crippen LogP contribution is 2.28. The van der Waals surface area contributed by atoms with Gasteiger partial charge in [-0.25, -0.2) is 8.42 Å². The first-order chi connectivity index (χ1) is 9.90. The van der Waals surface area contributed by atoms with Crippen molar-refractivity contribution in [2.45, 2.75) is 43.4 Å². The van der Waals surface area contributed by atoms with E-state index in [1.807, 2.05) is 0 Å². The van der Waals surface area contributed by atoms with Crippen molar-refractivity contribution in [2.24, 2.45) is 0 Å². The number of halogens is 2. The van der Waals surface area contributed by atoms with Crippen LogP contribution in [0.3, 0.4) is 0 Å². The molecule has 0 saturated carbocycles. The fraction of sp³-hybridized carbons (Fsp3) is 0.929. The zero-order valence-electron chi connectivity index (χ0n) is 13.8. The maximum absolute atomic E-state index is 12.6. The van der Waals surface area contributed by atoms with Crippen LogP contribution in [0.5, 0.6) is 0 Å². The predicted octanol–water partition coefficient (Wildman–Crippen LogP) is 0.597. The van der Waals surface area contributed by atoms with Crippen molar-refractivity contribution < 1.29 is 13.2 Å². The maximum Gasteiger partial charge on any atom is 0.241 e. The molecule has 2 saturated heterocycles. The average Bonchev–Trinajstić information content (AvgIpc) is 2.91. The SMILES string of the molecule is CCN1CCCC1CNC(=O)C1(S(C)(=O)=O)CCNCC1.Cl.Cl. The summed E-state index contributed by atoms with van der Waals surface area (Å²) in [5, 5.41) is 6.05. The van der Waals surface area contributed by atoms with Gasteiger partial charge in [0.1, 0.15) is 0 Å². The van der Waals surface area contributed by atoms with Gasteiger partial charge >= 0.3 is 0 Å². The summed E-state index contributed by atoms with van der Waals surface area (Å²) < 4.78 is 23.1. The smallest absolute Gasteiger partial charge is 0.241 e. The number of amides is 1. The van der Waals surface area contributed by atoms with E-state index in [2.05, 4.69) is 22.5 Å². The average molecular weight is 390 g/mol. The molecular formula is C14H29Cl2N3O3S. The third-order valence-electron chi connectivity index (χ3n) is 4.94. The van der Waals surface area contributed by atoms with Crippen molar-refractivity contribution in [3.8, 4) is 0 Å². The molecule has 0 aromatic rings. The van der Waals surface area contributed by atoms with E-state index < -0.39 is 14.6 Å². The van der Waals surface area contributed by atoms with Gasteiger partial charge in [-0.1, -0.05) is 6.92 Å². The van der Waals surface area contributed by atoms with Gasteiger partial charge in [0, 0.05) is 18.8 Å². The van der Waals surface area contributed by atoms with Crippen molar-refractivity contribution in [1.82, 2.24) is 15.5 Å². The Labute approximate surface area is 151 Å². The molecule has 0 aromatic heterocycles. The molecule has 0 bridgehead atoms. The Balaban J connectivity index is 0.00000242. The van der Waals surface area contributed by atoms with Crippen LogP contribution in [0.25, 0.3) is 0 Å². The number of sulfone groups is 1. The molecule has 1 unspecified atom stereocenters. The molecule has 9 heteroatoms. The van der Waals surface area contributed by atoms with Crippen LogP contribution in [0, 0.1) is 0 Å². The third kappa shape index (κ3) is 4.95. The number of rotatable bonds is 5. The second-order valence-corrected chi connectivity index (χ2v) is 8.48. The molecule has 2 rings (SSSR count). The van der Waals surface area contributed by atoms with Crippen LogP contribution < -0.4 is 10.6 Å². The van der Waals surface area contributed by atoms with Crippen LogP contribution in [0.2, 0.25) is 0 Å². The summed E-state index contributed by atoms with van der Waals surface area (Å²) in [5.74, 6) is -0.311. The Morgan fingerprint density at radius 3 is 2.43 bits per heavy atom. The van der Waals surface area contributed by atoms with Crippen LogP contribution >= 0.6 is 24.8 Å². The zero-order chi connectivity index (χ0) is 15.5. The number of hydrogen-bond donors (Lipinski definition) is 2. The van der Waals surface area contributed by atoms with Crippen molar-refractivity contribution in [2.75, 3.05) is 39.0 Å². The van der Waals surface area contributed by atoms with Gasteiger partial charge in [-0.05, 0) is 51.9 Å². The number of carbonyl (C=O) groups excluding carboxylic acids is 1. The number of hydrogen-bond acceptors (Lipinski definition) is 5. The van der Waals surface area contributed by atoms with Gasteiger partial charge < -0.3 is 10.6 Å². The molecule has 2 fully saturated rings. The number of piperidine rings is 1.